The summed E-state index contributed by atoms with van der Waals surface area (Å²) in [6.07, 6.45) is 3.67. The highest BCUT2D eigenvalue weighted by Gasteiger charge is 2.04. The summed E-state index contributed by atoms with van der Waals surface area (Å²) >= 11 is 2.18. The standard InChI is InChI=1S/C11H10FIN2O/c1-16-11-3-2-8(4-10(11)12)6-15-7-9(13)5-14-15/h2-5,7H,6H2,1H3. The lowest BCUT2D eigenvalue weighted by Gasteiger charge is -2.05. The molecule has 0 aliphatic heterocycles. The summed E-state index contributed by atoms with van der Waals surface area (Å²) in [5, 5.41) is 4.14. The van der Waals surface area contributed by atoms with E-state index >= 15 is 0 Å². The third-order valence-electron chi connectivity index (χ3n) is 2.16. The molecule has 84 valence electrons. The molecule has 0 aliphatic carbocycles. The van der Waals surface area contributed by atoms with Crippen LogP contribution in [0.4, 0.5) is 4.39 Å². The number of halogens is 2. The maximum atomic E-state index is 13.4. The van der Waals surface area contributed by atoms with Crippen molar-refractivity contribution in [2.24, 2.45) is 0 Å². The molecule has 0 aliphatic rings. The fraction of sp³-hybridized carbons (Fsp3) is 0.182. The van der Waals surface area contributed by atoms with E-state index in [-0.39, 0.29) is 11.6 Å². The number of methoxy groups -OCH3 is 1. The van der Waals surface area contributed by atoms with Gasteiger partial charge in [0.05, 0.1) is 23.4 Å². The largest absolute Gasteiger partial charge is 0.494 e. The molecule has 1 aromatic heterocycles. The van der Waals surface area contributed by atoms with Crippen LogP contribution in [0.25, 0.3) is 0 Å². The summed E-state index contributed by atoms with van der Waals surface area (Å²) < 4.78 is 21.1. The molecular weight excluding hydrogens is 322 g/mol. The van der Waals surface area contributed by atoms with Crippen LogP contribution in [0.2, 0.25) is 0 Å². The van der Waals surface area contributed by atoms with E-state index in [1.54, 1.807) is 16.9 Å². The number of benzene rings is 1. The molecule has 1 aromatic carbocycles. The highest BCUT2D eigenvalue weighted by atomic mass is 127. The molecule has 0 unspecified atom stereocenters. The molecule has 16 heavy (non-hydrogen) atoms. The zero-order valence-corrected chi connectivity index (χ0v) is 10.8. The summed E-state index contributed by atoms with van der Waals surface area (Å²) in [6.45, 7) is 0.559. The zero-order valence-electron chi connectivity index (χ0n) is 8.65. The van der Waals surface area contributed by atoms with E-state index in [4.69, 9.17) is 4.74 Å². The Morgan fingerprint density at radius 3 is 2.88 bits per heavy atom. The van der Waals surface area contributed by atoms with Crippen LogP contribution in [0.1, 0.15) is 5.56 Å². The Bertz CT molecular complexity index is 498. The van der Waals surface area contributed by atoms with Gasteiger partial charge in [0, 0.05) is 6.20 Å². The quantitative estimate of drug-likeness (QED) is 0.808. The number of ether oxygens (including phenoxy) is 1. The monoisotopic (exact) mass is 332 g/mol. The van der Waals surface area contributed by atoms with E-state index in [2.05, 4.69) is 27.7 Å². The first kappa shape index (κ1) is 11.4. The molecule has 0 saturated carbocycles. The van der Waals surface area contributed by atoms with Crippen LogP contribution in [0, 0.1) is 9.39 Å². The molecule has 0 radical (unpaired) electrons. The number of hydrogen-bond donors (Lipinski definition) is 0. The van der Waals surface area contributed by atoms with Crippen LogP contribution < -0.4 is 4.74 Å². The highest BCUT2D eigenvalue weighted by molar-refractivity contribution is 14.1. The Morgan fingerprint density at radius 2 is 2.31 bits per heavy atom. The molecular formula is C11H10FIN2O. The van der Waals surface area contributed by atoms with Crippen LogP contribution in [-0.2, 0) is 6.54 Å². The van der Waals surface area contributed by atoms with E-state index in [9.17, 15) is 4.39 Å². The van der Waals surface area contributed by atoms with Gasteiger partial charge in [-0.25, -0.2) is 4.39 Å². The van der Waals surface area contributed by atoms with E-state index in [1.165, 1.54) is 13.2 Å². The Labute approximate surface area is 106 Å². The van der Waals surface area contributed by atoms with Crippen molar-refractivity contribution in [1.82, 2.24) is 9.78 Å². The minimum absolute atomic E-state index is 0.263. The van der Waals surface area contributed by atoms with Gasteiger partial charge in [-0.3, -0.25) is 4.68 Å². The van der Waals surface area contributed by atoms with Crippen molar-refractivity contribution in [3.63, 3.8) is 0 Å². The number of hydrogen-bond acceptors (Lipinski definition) is 2. The Morgan fingerprint density at radius 1 is 1.50 bits per heavy atom. The second kappa shape index (κ2) is 4.82. The van der Waals surface area contributed by atoms with Crippen LogP contribution in [0.5, 0.6) is 5.75 Å². The van der Waals surface area contributed by atoms with Gasteiger partial charge in [-0.1, -0.05) is 6.07 Å². The molecule has 0 amide bonds. The van der Waals surface area contributed by atoms with Crippen LogP contribution in [0.15, 0.2) is 30.6 Å². The highest BCUT2D eigenvalue weighted by Crippen LogP contribution is 2.18. The first-order valence-corrected chi connectivity index (χ1v) is 5.77. The minimum atomic E-state index is -0.346. The number of nitrogens with zero attached hydrogens (tertiary/aromatic N) is 2. The topological polar surface area (TPSA) is 27.1 Å². The normalized spacial score (nSPS) is 10.4. The molecule has 5 heteroatoms. The van der Waals surface area contributed by atoms with E-state index < -0.39 is 0 Å². The number of aromatic nitrogens is 2. The smallest absolute Gasteiger partial charge is 0.165 e. The van der Waals surface area contributed by atoms with Gasteiger partial charge in [0.2, 0.25) is 0 Å². The fourth-order valence-electron chi connectivity index (χ4n) is 1.42. The Hall–Kier alpha value is -1.11. The van der Waals surface area contributed by atoms with Crippen molar-refractivity contribution < 1.29 is 9.13 Å². The predicted molar refractivity (Wildman–Crippen MR) is 67.0 cm³/mol. The van der Waals surface area contributed by atoms with Crippen LogP contribution >= 0.6 is 22.6 Å². The van der Waals surface area contributed by atoms with Gasteiger partial charge < -0.3 is 4.74 Å². The molecule has 0 bridgehead atoms. The lowest BCUT2D eigenvalue weighted by Crippen LogP contribution is -2.00. The molecule has 0 fully saturated rings. The Balaban J connectivity index is 2.19. The van der Waals surface area contributed by atoms with Crippen molar-refractivity contribution in [2.45, 2.75) is 6.54 Å². The van der Waals surface area contributed by atoms with Crippen LogP contribution in [0.3, 0.4) is 0 Å². The first-order valence-electron chi connectivity index (χ1n) is 4.69. The summed E-state index contributed by atoms with van der Waals surface area (Å²) in [7, 11) is 1.45. The maximum Gasteiger partial charge on any atom is 0.165 e. The average Bonchev–Trinajstić information content (AvgIpc) is 2.64. The van der Waals surface area contributed by atoms with Gasteiger partial charge in [0.15, 0.2) is 11.6 Å². The van der Waals surface area contributed by atoms with Crippen molar-refractivity contribution in [1.29, 1.82) is 0 Å². The van der Waals surface area contributed by atoms with Crippen molar-refractivity contribution >= 4 is 22.6 Å². The Kier molecular flexibility index (Phi) is 3.42. The lowest BCUT2D eigenvalue weighted by molar-refractivity contribution is 0.386. The predicted octanol–water partition coefficient (Wildman–Crippen LogP) is 2.68. The molecule has 1 heterocycles. The van der Waals surface area contributed by atoms with Gasteiger partial charge >= 0.3 is 0 Å². The second-order valence-corrected chi connectivity index (χ2v) is 4.57. The molecule has 0 atom stereocenters. The van der Waals surface area contributed by atoms with Crippen molar-refractivity contribution in [3.8, 4) is 5.75 Å². The third kappa shape index (κ3) is 2.52. The summed E-state index contributed by atoms with van der Waals surface area (Å²) in [4.78, 5) is 0. The molecule has 2 rings (SSSR count). The molecule has 0 N–H and O–H groups in total. The summed E-state index contributed by atoms with van der Waals surface area (Å²) in [5.41, 5.74) is 0.859. The van der Waals surface area contributed by atoms with Crippen LogP contribution in [-0.4, -0.2) is 16.9 Å². The third-order valence-corrected chi connectivity index (χ3v) is 2.72. The van der Waals surface area contributed by atoms with Gasteiger partial charge in [-0.05, 0) is 40.3 Å². The summed E-state index contributed by atoms with van der Waals surface area (Å²) in [6, 6.07) is 4.92. The lowest BCUT2D eigenvalue weighted by atomic mass is 10.2. The molecule has 0 spiro atoms. The average molecular weight is 332 g/mol. The molecule has 3 nitrogen and oxygen atoms in total. The van der Waals surface area contributed by atoms with Gasteiger partial charge in [-0.15, -0.1) is 0 Å². The minimum Gasteiger partial charge on any atom is -0.494 e. The molecule has 2 aromatic rings. The SMILES string of the molecule is COc1ccc(Cn2cc(I)cn2)cc1F. The zero-order chi connectivity index (χ0) is 11.5. The van der Waals surface area contributed by atoms with E-state index in [0.717, 1.165) is 9.13 Å². The van der Waals surface area contributed by atoms with Gasteiger partial charge in [0.25, 0.3) is 0 Å². The van der Waals surface area contributed by atoms with Crippen molar-refractivity contribution in [2.75, 3.05) is 7.11 Å². The second-order valence-electron chi connectivity index (χ2n) is 3.33. The fourth-order valence-corrected chi connectivity index (χ4v) is 1.87. The van der Waals surface area contributed by atoms with Crippen molar-refractivity contribution in [3.05, 3.63) is 45.5 Å². The first-order chi connectivity index (χ1) is 7.69. The van der Waals surface area contributed by atoms with Gasteiger partial charge in [0.1, 0.15) is 0 Å². The summed E-state index contributed by atoms with van der Waals surface area (Å²) in [5.74, 6) is -0.0827. The maximum absolute atomic E-state index is 13.4. The number of rotatable bonds is 3. The van der Waals surface area contributed by atoms with Gasteiger partial charge in [-0.2, -0.15) is 5.10 Å². The molecule has 0 saturated heterocycles. The van der Waals surface area contributed by atoms with E-state index in [0.29, 0.717) is 6.54 Å². The van der Waals surface area contributed by atoms with E-state index in [1.807, 2.05) is 12.3 Å².